The molecule has 0 heterocycles. The summed E-state index contributed by atoms with van der Waals surface area (Å²) in [6, 6.07) is 14.0. The molecule has 0 unspecified atom stereocenters. The Morgan fingerprint density at radius 3 is 2.67 bits per heavy atom. The molecule has 0 aliphatic carbocycles. The van der Waals surface area contributed by atoms with Gasteiger partial charge in [0.05, 0.1) is 11.6 Å². The van der Waals surface area contributed by atoms with E-state index in [4.69, 9.17) is 11.0 Å². The summed E-state index contributed by atoms with van der Waals surface area (Å²) in [6.07, 6.45) is 0. The van der Waals surface area contributed by atoms with E-state index in [1.54, 1.807) is 24.3 Å². The second-order valence-corrected chi connectivity index (χ2v) is 4.11. The van der Waals surface area contributed by atoms with Crippen LogP contribution in [0.2, 0.25) is 0 Å². The lowest BCUT2D eigenvalue weighted by Gasteiger charge is -2.06. The summed E-state index contributed by atoms with van der Waals surface area (Å²) in [5.41, 5.74) is 8.58. The summed E-state index contributed by atoms with van der Waals surface area (Å²) in [5.74, 6) is -0.159. The number of aryl methyl sites for hydroxylation is 1. The van der Waals surface area contributed by atoms with Crippen LogP contribution in [0.25, 0.3) is 0 Å². The Kier molecular flexibility index (Phi) is 3.11. The normalized spacial score (nSPS) is 9.78. The first-order valence-electron chi connectivity index (χ1n) is 5.53. The topological polar surface area (TPSA) is 66.9 Å². The molecule has 0 saturated carbocycles. The van der Waals surface area contributed by atoms with Gasteiger partial charge in [0, 0.05) is 16.8 Å². The number of nitrogens with zero attached hydrogens (tertiary/aromatic N) is 1. The van der Waals surface area contributed by atoms with E-state index < -0.39 is 0 Å². The first-order chi connectivity index (χ1) is 8.61. The molecule has 0 spiro atoms. The lowest BCUT2D eigenvalue weighted by Crippen LogP contribution is -2.06. The Morgan fingerprint density at radius 1 is 1.22 bits per heavy atom. The molecule has 2 aromatic rings. The predicted octanol–water partition coefficient (Wildman–Crippen LogP) is 2.68. The summed E-state index contributed by atoms with van der Waals surface area (Å²) < 4.78 is 0. The van der Waals surface area contributed by atoms with Gasteiger partial charge in [-0.1, -0.05) is 23.8 Å². The number of anilines is 1. The van der Waals surface area contributed by atoms with Gasteiger partial charge in [-0.15, -0.1) is 0 Å². The molecular weight excluding hydrogens is 224 g/mol. The zero-order chi connectivity index (χ0) is 13.1. The molecule has 0 radical (unpaired) electrons. The highest BCUT2D eigenvalue weighted by Gasteiger charge is 2.13. The SMILES string of the molecule is Cc1cccc(C(=O)c2cc(C#N)ccc2N)c1. The maximum atomic E-state index is 12.3. The molecule has 0 aliphatic heterocycles. The van der Waals surface area contributed by atoms with Crippen molar-refractivity contribution in [3.05, 3.63) is 64.7 Å². The maximum Gasteiger partial charge on any atom is 0.195 e. The molecule has 0 atom stereocenters. The Hall–Kier alpha value is -2.60. The van der Waals surface area contributed by atoms with Crippen LogP contribution in [0.15, 0.2) is 42.5 Å². The van der Waals surface area contributed by atoms with Crippen LogP contribution in [0.3, 0.4) is 0 Å². The molecule has 0 aromatic heterocycles. The van der Waals surface area contributed by atoms with Crippen molar-refractivity contribution in [2.75, 3.05) is 5.73 Å². The third-order valence-corrected chi connectivity index (χ3v) is 2.71. The van der Waals surface area contributed by atoms with Gasteiger partial charge in [-0.25, -0.2) is 0 Å². The smallest absolute Gasteiger partial charge is 0.195 e. The van der Waals surface area contributed by atoms with Crippen molar-refractivity contribution in [2.45, 2.75) is 6.92 Å². The number of nitrogens with two attached hydrogens (primary N) is 1. The summed E-state index contributed by atoms with van der Waals surface area (Å²) in [5, 5.41) is 8.85. The zero-order valence-corrected chi connectivity index (χ0v) is 9.97. The highest BCUT2D eigenvalue weighted by atomic mass is 16.1. The molecule has 0 fully saturated rings. The monoisotopic (exact) mass is 236 g/mol. The van der Waals surface area contributed by atoms with Gasteiger partial charge in [0.15, 0.2) is 5.78 Å². The minimum atomic E-state index is -0.159. The van der Waals surface area contributed by atoms with Crippen molar-refractivity contribution in [3.63, 3.8) is 0 Å². The van der Waals surface area contributed by atoms with E-state index in [2.05, 4.69) is 0 Å². The third-order valence-electron chi connectivity index (χ3n) is 2.71. The van der Waals surface area contributed by atoms with Gasteiger partial charge in [-0.2, -0.15) is 5.26 Å². The van der Waals surface area contributed by atoms with Crippen LogP contribution in [0.5, 0.6) is 0 Å². The fourth-order valence-electron chi connectivity index (χ4n) is 1.76. The van der Waals surface area contributed by atoms with Crippen LogP contribution in [0.1, 0.15) is 27.0 Å². The number of carbonyl (C=O) groups is 1. The summed E-state index contributed by atoms with van der Waals surface area (Å²) in [6.45, 7) is 1.92. The molecule has 0 saturated heterocycles. The van der Waals surface area contributed by atoms with Crippen LogP contribution < -0.4 is 5.73 Å². The van der Waals surface area contributed by atoms with E-state index in [1.807, 2.05) is 25.1 Å². The molecule has 18 heavy (non-hydrogen) atoms. The minimum absolute atomic E-state index is 0.159. The maximum absolute atomic E-state index is 12.3. The van der Waals surface area contributed by atoms with Crippen LogP contribution in [-0.2, 0) is 0 Å². The third kappa shape index (κ3) is 2.23. The minimum Gasteiger partial charge on any atom is -0.398 e. The molecule has 0 bridgehead atoms. The van der Waals surface area contributed by atoms with Gasteiger partial charge < -0.3 is 5.73 Å². The number of nitriles is 1. The highest BCUT2D eigenvalue weighted by Crippen LogP contribution is 2.18. The summed E-state index contributed by atoms with van der Waals surface area (Å²) in [7, 11) is 0. The molecule has 88 valence electrons. The van der Waals surface area contributed by atoms with Gasteiger partial charge in [-0.3, -0.25) is 4.79 Å². The molecule has 2 rings (SSSR count). The number of nitrogen functional groups attached to an aromatic ring is 1. The Morgan fingerprint density at radius 2 is 2.00 bits per heavy atom. The van der Waals surface area contributed by atoms with Gasteiger partial charge in [0.2, 0.25) is 0 Å². The first kappa shape index (κ1) is 11.9. The van der Waals surface area contributed by atoms with E-state index in [9.17, 15) is 4.79 Å². The predicted molar refractivity (Wildman–Crippen MR) is 70.2 cm³/mol. The molecule has 2 N–H and O–H groups in total. The standard InChI is InChI=1S/C15H12N2O/c1-10-3-2-4-12(7-10)15(18)13-8-11(9-16)5-6-14(13)17/h2-8H,17H2,1H3. The molecule has 0 aliphatic rings. The van der Waals surface area contributed by atoms with E-state index in [1.165, 1.54) is 6.07 Å². The van der Waals surface area contributed by atoms with Crippen molar-refractivity contribution in [3.8, 4) is 6.07 Å². The molecular formula is C15H12N2O. The fraction of sp³-hybridized carbons (Fsp3) is 0.0667. The van der Waals surface area contributed by atoms with Crippen LogP contribution in [-0.4, -0.2) is 5.78 Å². The van der Waals surface area contributed by atoms with Gasteiger partial charge in [0.25, 0.3) is 0 Å². The van der Waals surface area contributed by atoms with Crippen LogP contribution >= 0.6 is 0 Å². The van der Waals surface area contributed by atoms with Gasteiger partial charge in [0.1, 0.15) is 0 Å². The summed E-state index contributed by atoms with van der Waals surface area (Å²) in [4.78, 5) is 12.3. The van der Waals surface area contributed by atoms with Gasteiger partial charge >= 0.3 is 0 Å². The Balaban J connectivity index is 2.49. The number of hydrogen-bond donors (Lipinski definition) is 1. The van der Waals surface area contributed by atoms with Crippen molar-refractivity contribution in [1.29, 1.82) is 5.26 Å². The average Bonchev–Trinajstić information content (AvgIpc) is 2.38. The number of rotatable bonds is 2. The number of hydrogen-bond acceptors (Lipinski definition) is 3. The van der Waals surface area contributed by atoms with Crippen molar-refractivity contribution in [1.82, 2.24) is 0 Å². The summed E-state index contributed by atoms with van der Waals surface area (Å²) >= 11 is 0. The van der Waals surface area contributed by atoms with E-state index in [0.29, 0.717) is 22.4 Å². The number of ketones is 1. The van der Waals surface area contributed by atoms with Crippen molar-refractivity contribution >= 4 is 11.5 Å². The largest absolute Gasteiger partial charge is 0.398 e. The van der Waals surface area contributed by atoms with Gasteiger partial charge in [-0.05, 0) is 31.2 Å². The fourth-order valence-corrected chi connectivity index (χ4v) is 1.76. The first-order valence-corrected chi connectivity index (χ1v) is 5.53. The number of benzene rings is 2. The Labute approximate surface area is 105 Å². The quantitative estimate of drug-likeness (QED) is 0.644. The van der Waals surface area contributed by atoms with Crippen LogP contribution in [0.4, 0.5) is 5.69 Å². The lowest BCUT2D eigenvalue weighted by molar-refractivity contribution is 0.103. The molecule has 2 aromatic carbocycles. The number of carbonyl (C=O) groups excluding carboxylic acids is 1. The van der Waals surface area contributed by atoms with E-state index >= 15 is 0 Å². The van der Waals surface area contributed by atoms with Crippen LogP contribution in [0, 0.1) is 18.3 Å². The highest BCUT2D eigenvalue weighted by molar-refractivity contribution is 6.12. The average molecular weight is 236 g/mol. The zero-order valence-electron chi connectivity index (χ0n) is 9.97. The second kappa shape index (κ2) is 4.72. The lowest BCUT2D eigenvalue weighted by atomic mass is 9.99. The van der Waals surface area contributed by atoms with E-state index in [0.717, 1.165) is 5.56 Å². The molecule has 3 nitrogen and oxygen atoms in total. The van der Waals surface area contributed by atoms with E-state index in [-0.39, 0.29) is 5.78 Å². The van der Waals surface area contributed by atoms with Crippen molar-refractivity contribution < 1.29 is 4.79 Å². The molecule has 3 heteroatoms. The molecule has 0 amide bonds. The Bertz CT molecular complexity index is 654. The second-order valence-electron chi connectivity index (χ2n) is 4.11. The van der Waals surface area contributed by atoms with Crippen molar-refractivity contribution in [2.24, 2.45) is 0 Å².